The maximum Gasteiger partial charge on any atom is 0.416 e. The van der Waals surface area contributed by atoms with Crippen LogP contribution in [0.2, 0.25) is 0 Å². The number of hydrogen-bond donors (Lipinski definition) is 1. The van der Waals surface area contributed by atoms with E-state index in [-0.39, 0.29) is 39.4 Å². The van der Waals surface area contributed by atoms with Crippen molar-refractivity contribution in [1.82, 2.24) is 0 Å². The molecule has 5 nitrogen and oxygen atoms in total. The monoisotopic (exact) mass is 430 g/mol. The number of nitrogens with two attached hydrogens (primary N) is 1. The first-order valence-corrected chi connectivity index (χ1v) is 8.23. The van der Waals surface area contributed by atoms with E-state index in [1.165, 1.54) is 13.0 Å². The zero-order valence-corrected chi connectivity index (χ0v) is 15.4. The van der Waals surface area contributed by atoms with E-state index in [9.17, 15) is 23.2 Å². The van der Waals surface area contributed by atoms with Crippen molar-refractivity contribution in [3.8, 4) is 6.07 Å². The van der Waals surface area contributed by atoms with E-state index < -0.39 is 23.6 Å². The molecule has 0 saturated heterocycles. The molecule has 0 radical (unpaired) electrons. The van der Waals surface area contributed by atoms with E-state index in [0.717, 1.165) is 12.1 Å². The second-order valence-corrected chi connectivity index (χ2v) is 6.20. The summed E-state index contributed by atoms with van der Waals surface area (Å²) in [4.78, 5) is 12.4. The lowest BCUT2D eigenvalue weighted by molar-refractivity contribution is -0.139. The van der Waals surface area contributed by atoms with Gasteiger partial charge in [0.25, 0.3) is 0 Å². The van der Waals surface area contributed by atoms with Gasteiger partial charge < -0.3 is 15.2 Å². The maximum absolute atomic E-state index is 13.1. The van der Waals surface area contributed by atoms with E-state index >= 15 is 0 Å². The first-order chi connectivity index (χ1) is 12.1. The topological polar surface area (TPSA) is 85.3 Å². The van der Waals surface area contributed by atoms with Crippen LogP contribution in [-0.2, 0) is 20.4 Å². The van der Waals surface area contributed by atoms with Gasteiger partial charge in [0, 0.05) is 4.47 Å². The number of halogens is 4. The van der Waals surface area contributed by atoms with Crippen molar-refractivity contribution in [3.63, 3.8) is 0 Å². The van der Waals surface area contributed by atoms with Crippen molar-refractivity contribution in [2.24, 2.45) is 5.73 Å². The molecule has 0 saturated carbocycles. The third-order valence-electron chi connectivity index (χ3n) is 3.74. The summed E-state index contributed by atoms with van der Waals surface area (Å²) in [6, 6.07) is 4.79. The second-order valence-electron chi connectivity index (χ2n) is 5.35. The summed E-state index contributed by atoms with van der Waals surface area (Å²) >= 11 is 3.19. The van der Waals surface area contributed by atoms with Gasteiger partial charge in [-0.1, -0.05) is 15.9 Å². The van der Waals surface area contributed by atoms with Crippen LogP contribution in [0.4, 0.5) is 13.2 Å². The highest BCUT2D eigenvalue weighted by Crippen LogP contribution is 2.44. The third-order valence-corrected chi connectivity index (χ3v) is 4.46. The van der Waals surface area contributed by atoms with Gasteiger partial charge in [0.05, 0.1) is 23.7 Å². The Morgan fingerprint density at radius 2 is 2.12 bits per heavy atom. The zero-order valence-electron chi connectivity index (χ0n) is 13.8. The number of rotatable bonds is 3. The Hall–Kier alpha value is -2.47. The number of carbonyl (C=O) groups is 1. The van der Waals surface area contributed by atoms with Gasteiger partial charge in [-0.3, -0.25) is 0 Å². The first-order valence-electron chi connectivity index (χ1n) is 7.43. The fourth-order valence-corrected chi connectivity index (χ4v) is 3.08. The maximum atomic E-state index is 13.1. The molecule has 1 atom stereocenters. The van der Waals surface area contributed by atoms with E-state index in [2.05, 4.69) is 15.9 Å². The Bertz CT molecular complexity index is 854. The lowest BCUT2D eigenvalue weighted by Gasteiger charge is -2.28. The van der Waals surface area contributed by atoms with E-state index in [0.29, 0.717) is 0 Å². The van der Waals surface area contributed by atoms with E-state index in [4.69, 9.17) is 15.2 Å². The van der Waals surface area contributed by atoms with Gasteiger partial charge in [0.2, 0.25) is 5.88 Å². The molecule has 0 bridgehead atoms. The number of carbonyl (C=O) groups excluding carboxylic acids is 1. The van der Waals surface area contributed by atoms with Crippen molar-refractivity contribution < 1.29 is 27.4 Å². The van der Waals surface area contributed by atoms with Crippen molar-refractivity contribution in [2.45, 2.75) is 25.9 Å². The van der Waals surface area contributed by atoms with E-state index in [1.54, 1.807) is 6.92 Å². The van der Waals surface area contributed by atoms with Gasteiger partial charge in [0.15, 0.2) is 0 Å². The van der Waals surface area contributed by atoms with Crippen LogP contribution in [0, 0.1) is 11.3 Å². The van der Waals surface area contributed by atoms with Crippen LogP contribution in [-0.4, -0.2) is 12.6 Å². The molecule has 2 rings (SSSR count). The molecule has 1 aromatic carbocycles. The predicted molar refractivity (Wildman–Crippen MR) is 89.1 cm³/mol. The summed E-state index contributed by atoms with van der Waals surface area (Å²) in [5.74, 6) is -2.15. The summed E-state index contributed by atoms with van der Waals surface area (Å²) in [5, 5.41) is 9.45. The molecule has 0 fully saturated rings. The molecule has 9 heteroatoms. The van der Waals surface area contributed by atoms with Gasteiger partial charge >= 0.3 is 12.1 Å². The van der Waals surface area contributed by atoms with Crippen LogP contribution in [0.5, 0.6) is 0 Å². The van der Waals surface area contributed by atoms with E-state index in [1.807, 2.05) is 6.07 Å². The van der Waals surface area contributed by atoms with Gasteiger partial charge in [-0.05, 0) is 37.6 Å². The molecule has 1 aromatic rings. The average molecular weight is 431 g/mol. The normalized spacial score (nSPS) is 17.7. The molecule has 0 aliphatic carbocycles. The molecule has 26 heavy (non-hydrogen) atoms. The molecular formula is C17H14BrF3N2O3. The predicted octanol–water partition coefficient (Wildman–Crippen LogP) is 4.11. The summed E-state index contributed by atoms with van der Waals surface area (Å²) in [5.41, 5.74) is 4.63. The summed E-state index contributed by atoms with van der Waals surface area (Å²) < 4.78 is 49.9. The molecule has 0 spiro atoms. The summed E-state index contributed by atoms with van der Waals surface area (Å²) in [6.07, 6.45) is -4.59. The summed E-state index contributed by atoms with van der Waals surface area (Å²) in [7, 11) is 0. The first kappa shape index (κ1) is 19.8. The van der Waals surface area contributed by atoms with Crippen LogP contribution in [0.3, 0.4) is 0 Å². The smallest absolute Gasteiger partial charge is 0.416 e. The molecule has 2 N–H and O–H groups in total. The average Bonchev–Trinajstić information content (AvgIpc) is 2.53. The molecule has 1 aliphatic heterocycles. The Balaban J connectivity index is 2.74. The SMILES string of the molecule is CCOC(=O)C1=C(C)OC(N)=C(C#N)C1c1cc(C(F)(F)F)ccc1Br. The number of alkyl halides is 3. The Morgan fingerprint density at radius 1 is 1.46 bits per heavy atom. The number of nitriles is 1. The van der Waals surface area contributed by atoms with Crippen molar-refractivity contribution in [3.05, 3.63) is 56.6 Å². The highest BCUT2D eigenvalue weighted by Gasteiger charge is 2.39. The molecule has 1 aliphatic rings. The number of allylic oxidation sites excluding steroid dienone is 2. The van der Waals surface area contributed by atoms with Crippen LogP contribution in [0.1, 0.15) is 30.9 Å². The number of nitrogens with zero attached hydrogens (tertiary/aromatic N) is 1. The van der Waals surface area contributed by atoms with Crippen molar-refractivity contribution in [1.29, 1.82) is 5.26 Å². The number of hydrogen-bond acceptors (Lipinski definition) is 5. The van der Waals surface area contributed by atoms with Crippen LogP contribution < -0.4 is 5.73 Å². The van der Waals surface area contributed by atoms with Gasteiger partial charge in [0.1, 0.15) is 17.4 Å². The lowest BCUT2D eigenvalue weighted by atomic mass is 9.82. The Kier molecular flexibility index (Phi) is 5.66. The Morgan fingerprint density at radius 3 is 2.65 bits per heavy atom. The highest BCUT2D eigenvalue weighted by atomic mass is 79.9. The number of esters is 1. The minimum absolute atomic E-state index is 0.0488. The molecular weight excluding hydrogens is 417 g/mol. The Labute approximate surface area is 156 Å². The summed E-state index contributed by atoms with van der Waals surface area (Å²) in [6.45, 7) is 3.07. The largest absolute Gasteiger partial charge is 0.463 e. The third kappa shape index (κ3) is 3.70. The quantitative estimate of drug-likeness (QED) is 0.729. The minimum atomic E-state index is -4.59. The van der Waals surface area contributed by atoms with Crippen molar-refractivity contribution >= 4 is 21.9 Å². The second kappa shape index (κ2) is 7.41. The molecule has 0 aromatic heterocycles. The molecule has 0 amide bonds. The number of benzene rings is 1. The highest BCUT2D eigenvalue weighted by molar-refractivity contribution is 9.10. The van der Waals surface area contributed by atoms with Gasteiger partial charge in [-0.2, -0.15) is 18.4 Å². The minimum Gasteiger partial charge on any atom is -0.463 e. The molecule has 1 heterocycles. The zero-order chi connectivity index (χ0) is 19.6. The molecule has 138 valence electrons. The van der Waals surface area contributed by atoms with Gasteiger partial charge in [-0.25, -0.2) is 4.79 Å². The lowest BCUT2D eigenvalue weighted by Crippen LogP contribution is -2.26. The fraction of sp³-hybridized carbons (Fsp3) is 0.294. The fourth-order valence-electron chi connectivity index (χ4n) is 2.61. The standard InChI is InChI=1S/C17H14BrF3N2O3/c1-3-25-16(24)13-8(2)26-15(23)11(7-22)14(13)10-6-9(17(19,20)21)4-5-12(10)18/h4-6,14H,3,23H2,1-2H3. The number of ether oxygens (including phenoxy) is 2. The van der Waals surface area contributed by atoms with Crippen LogP contribution in [0.25, 0.3) is 0 Å². The van der Waals surface area contributed by atoms with Crippen LogP contribution in [0.15, 0.2) is 45.5 Å². The van der Waals surface area contributed by atoms with Crippen LogP contribution >= 0.6 is 15.9 Å². The molecule has 1 unspecified atom stereocenters. The van der Waals surface area contributed by atoms with Crippen molar-refractivity contribution in [2.75, 3.05) is 6.61 Å². The van der Waals surface area contributed by atoms with Gasteiger partial charge in [-0.15, -0.1) is 0 Å².